The Bertz CT molecular complexity index is 380. The Morgan fingerprint density at radius 1 is 1.35 bits per heavy atom. The van der Waals surface area contributed by atoms with Gasteiger partial charge in [-0.3, -0.25) is 0 Å². The Morgan fingerprint density at radius 2 is 2.29 bits per heavy atom. The molecule has 94 valence electrons. The molecule has 0 aromatic carbocycles. The number of thioether (sulfide) groups is 1. The largest absolute Gasteiger partial charge is 0.329 e. The number of aromatic nitrogens is 2. The first-order valence-electron chi connectivity index (χ1n) is 7.01. The number of aryl methyl sites for hydroxylation is 1. The zero-order chi connectivity index (χ0) is 11.7. The molecule has 17 heavy (non-hydrogen) atoms. The van der Waals surface area contributed by atoms with E-state index in [0.29, 0.717) is 6.04 Å². The van der Waals surface area contributed by atoms with Crippen LogP contribution in [-0.4, -0.2) is 20.6 Å². The number of imidazole rings is 1. The summed E-state index contributed by atoms with van der Waals surface area (Å²) < 4.78 is 2.53. The second kappa shape index (κ2) is 5.05. The van der Waals surface area contributed by atoms with E-state index in [-0.39, 0.29) is 0 Å². The highest BCUT2D eigenvalue weighted by Crippen LogP contribution is 2.31. The molecule has 0 bridgehead atoms. The smallest absolute Gasteiger partial charge is 0.110 e. The molecular weight excluding hydrogens is 228 g/mol. The Kier molecular flexibility index (Phi) is 3.46. The molecule has 3 heterocycles. The van der Waals surface area contributed by atoms with E-state index in [0.717, 1.165) is 5.25 Å². The lowest BCUT2D eigenvalue weighted by molar-refractivity contribution is 0.416. The Balaban J connectivity index is 1.76. The van der Waals surface area contributed by atoms with Crippen LogP contribution in [0.5, 0.6) is 0 Å². The summed E-state index contributed by atoms with van der Waals surface area (Å²) in [6.07, 6.45) is 11.4. The van der Waals surface area contributed by atoms with Gasteiger partial charge in [0.1, 0.15) is 5.82 Å². The van der Waals surface area contributed by atoms with Gasteiger partial charge in [-0.1, -0.05) is 6.42 Å². The van der Waals surface area contributed by atoms with Crippen molar-refractivity contribution in [1.29, 1.82) is 0 Å². The minimum atomic E-state index is 0.671. The highest BCUT2D eigenvalue weighted by Gasteiger charge is 2.22. The first-order valence-corrected chi connectivity index (χ1v) is 8.06. The highest BCUT2D eigenvalue weighted by molar-refractivity contribution is 7.99. The van der Waals surface area contributed by atoms with E-state index in [1.807, 2.05) is 0 Å². The van der Waals surface area contributed by atoms with E-state index in [2.05, 4.69) is 29.4 Å². The Morgan fingerprint density at radius 3 is 3.12 bits per heavy atom. The van der Waals surface area contributed by atoms with Gasteiger partial charge in [0.25, 0.3) is 0 Å². The lowest BCUT2D eigenvalue weighted by atomic mass is 10.0. The molecule has 1 fully saturated rings. The van der Waals surface area contributed by atoms with Crippen LogP contribution in [0.3, 0.4) is 0 Å². The molecule has 2 atom stereocenters. The van der Waals surface area contributed by atoms with Gasteiger partial charge in [0.05, 0.1) is 0 Å². The topological polar surface area (TPSA) is 17.8 Å². The molecule has 3 heteroatoms. The van der Waals surface area contributed by atoms with Crippen molar-refractivity contribution >= 4 is 11.8 Å². The summed E-state index contributed by atoms with van der Waals surface area (Å²) >= 11 is 2.16. The van der Waals surface area contributed by atoms with Crippen LogP contribution in [0.2, 0.25) is 0 Å². The van der Waals surface area contributed by atoms with E-state index in [9.17, 15) is 0 Å². The van der Waals surface area contributed by atoms with Gasteiger partial charge < -0.3 is 4.57 Å². The molecule has 1 aromatic heterocycles. The first kappa shape index (κ1) is 11.6. The van der Waals surface area contributed by atoms with Crippen LogP contribution >= 0.6 is 11.8 Å². The van der Waals surface area contributed by atoms with Gasteiger partial charge in [0.15, 0.2) is 0 Å². The van der Waals surface area contributed by atoms with Crippen molar-refractivity contribution in [1.82, 2.24) is 9.55 Å². The molecule has 0 saturated carbocycles. The highest BCUT2D eigenvalue weighted by atomic mass is 32.2. The molecule has 0 aliphatic carbocycles. The van der Waals surface area contributed by atoms with Gasteiger partial charge in [-0.25, -0.2) is 4.98 Å². The van der Waals surface area contributed by atoms with Crippen molar-refractivity contribution in [3.8, 4) is 0 Å². The summed E-state index contributed by atoms with van der Waals surface area (Å²) in [5, 5.41) is 0.823. The Labute approximate surface area is 108 Å². The molecule has 1 saturated heterocycles. The van der Waals surface area contributed by atoms with Crippen LogP contribution in [-0.2, 0) is 12.8 Å². The summed E-state index contributed by atoms with van der Waals surface area (Å²) in [5.74, 6) is 2.71. The molecule has 3 rings (SSSR count). The van der Waals surface area contributed by atoms with E-state index < -0.39 is 0 Å². The minimum absolute atomic E-state index is 0.671. The van der Waals surface area contributed by atoms with Gasteiger partial charge in [0.2, 0.25) is 0 Å². The van der Waals surface area contributed by atoms with Crippen molar-refractivity contribution < 1.29 is 0 Å². The summed E-state index contributed by atoms with van der Waals surface area (Å²) in [6.45, 7) is 2.35. The molecule has 0 radical (unpaired) electrons. The standard InChI is InChI=1S/C14H22N2S/c1-11-5-4-6-12-10-15-14(16(11)12)9-13-7-2-3-8-17-13/h10-11,13H,2-9H2,1H3. The number of hydrogen-bond acceptors (Lipinski definition) is 2. The third-order valence-corrected chi connectivity index (χ3v) is 5.53. The molecule has 1 aromatic rings. The van der Waals surface area contributed by atoms with E-state index in [4.69, 9.17) is 4.98 Å². The van der Waals surface area contributed by atoms with Crippen LogP contribution in [0, 0.1) is 0 Å². The van der Waals surface area contributed by atoms with Crippen molar-refractivity contribution in [2.45, 2.75) is 63.2 Å². The number of rotatable bonds is 2. The number of hydrogen-bond donors (Lipinski definition) is 0. The lowest BCUT2D eigenvalue weighted by Gasteiger charge is -2.26. The maximum Gasteiger partial charge on any atom is 0.110 e. The molecule has 2 unspecified atom stereocenters. The van der Waals surface area contributed by atoms with Crippen molar-refractivity contribution in [2.24, 2.45) is 0 Å². The SMILES string of the molecule is CC1CCCc2cnc(CC3CCCCS3)n21. The molecular formula is C14H22N2S. The molecule has 2 nitrogen and oxygen atoms in total. The predicted octanol–water partition coefficient (Wildman–Crippen LogP) is 3.61. The summed E-state index contributed by atoms with van der Waals surface area (Å²) in [4.78, 5) is 4.69. The van der Waals surface area contributed by atoms with Crippen molar-refractivity contribution in [3.63, 3.8) is 0 Å². The van der Waals surface area contributed by atoms with Gasteiger partial charge in [-0.15, -0.1) is 0 Å². The van der Waals surface area contributed by atoms with Crippen molar-refractivity contribution in [3.05, 3.63) is 17.7 Å². The predicted molar refractivity (Wildman–Crippen MR) is 73.7 cm³/mol. The van der Waals surface area contributed by atoms with E-state index >= 15 is 0 Å². The van der Waals surface area contributed by atoms with Gasteiger partial charge in [-0.2, -0.15) is 11.8 Å². The monoisotopic (exact) mass is 250 g/mol. The number of nitrogens with zero attached hydrogens (tertiary/aromatic N) is 2. The lowest BCUT2D eigenvalue weighted by Crippen LogP contribution is -2.21. The van der Waals surface area contributed by atoms with Gasteiger partial charge in [0, 0.05) is 29.6 Å². The van der Waals surface area contributed by atoms with Crippen LogP contribution in [0.4, 0.5) is 0 Å². The second-order valence-electron chi connectivity index (χ2n) is 5.47. The first-order chi connectivity index (χ1) is 8.34. The Hall–Kier alpha value is -0.440. The van der Waals surface area contributed by atoms with E-state index in [1.165, 1.54) is 62.2 Å². The summed E-state index contributed by atoms with van der Waals surface area (Å²) in [6, 6.07) is 0.671. The fourth-order valence-corrected chi connectivity index (χ4v) is 4.50. The molecule has 2 aliphatic heterocycles. The zero-order valence-corrected chi connectivity index (χ0v) is 11.5. The molecule has 0 spiro atoms. The zero-order valence-electron chi connectivity index (χ0n) is 10.7. The van der Waals surface area contributed by atoms with Crippen LogP contribution in [0.25, 0.3) is 0 Å². The quantitative estimate of drug-likeness (QED) is 0.798. The van der Waals surface area contributed by atoms with Crippen LogP contribution < -0.4 is 0 Å². The molecule has 0 amide bonds. The van der Waals surface area contributed by atoms with Gasteiger partial charge in [-0.05, 0) is 44.8 Å². The van der Waals surface area contributed by atoms with Gasteiger partial charge >= 0.3 is 0 Å². The molecule has 2 aliphatic rings. The minimum Gasteiger partial charge on any atom is -0.329 e. The maximum absolute atomic E-state index is 4.69. The normalized spacial score (nSPS) is 29.0. The maximum atomic E-state index is 4.69. The second-order valence-corrected chi connectivity index (χ2v) is 6.88. The van der Waals surface area contributed by atoms with Crippen LogP contribution in [0.1, 0.15) is 56.6 Å². The summed E-state index contributed by atoms with van der Waals surface area (Å²) in [5.41, 5.74) is 1.47. The average Bonchev–Trinajstić information content (AvgIpc) is 2.75. The average molecular weight is 250 g/mol. The fourth-order valence-electron chi connectivity index (χ4n) is 3.19. The fraction of sp³-hybridized carbons (Fsp3) is 0.786. The third-order valence-electron chi connectivity index (χ3n) is 4.13. The molecule has 0 N–H and O–H groups in total. The van der Waals surface area contributed by atoms with Crippen molar-refractivity contribution in [2.75, 3.05) is 5.75 Å². The van der Waals surface area contributed by atoms with Crippen LogP contribution in [0.15, 0.2) is 6.20 Å². The number of fused-ring (bicyclic) bond motifs is 1. The summed E-state index contributed by atoms with van der Waals surface area (Å²) in [7, 11) is 0. The van der Waals surface area contributed by atoms with E-state index in [1.54, 1.807) is 0 Å². The third kappa shape index (κ3) is 2.40.